The van der Waals surface area contributed by atoms with Gasteiger partial charge in [0, 0.05) is 4.92 Å². The number of furan rings is 1. The van der Waals surface area contributed by atoms with E-state index in [0.29, 0.717) is 16.9 Å². The van der Waals surface area contributed by atoms with E-state index in [9.17, 15) is 18.5 Å². The Morgan fingerprint density at radius 3 is 2.38 bits per heavy atom. The van der Waals surface area contributed by atoms with E-state index in [4.69, 9.17) is 4.42 Å². The Morgan fingerprint density at radius 2 is 1.76 bits per heavy atom. The maximum atomic E-state index is 13.0. The molecule has 3 unspecified atom stereocenters. The normalized spacial score (nSPS) is 21.1. The van der Waals surface area contributed by atoms with Gasteiger partial charge in [0.25, 0.3) is 0 Å². The van der Waals surface area contributed by atoms with Gasteiger partial charge in [-0.25, -0.2) is 8.42 Å². The van der Waals surface area contributed by atoms with Crippen LogP contribution in [0.2, 0.25) is 0 Å². The maximum absolute atomic E-state index is 13.0. The van der Waals surface area contributed by atoms with Crippen LogP contribution in [0, 0.1) is 24.0 Å². The largest absolute Gasteiger partial charge is 0.468 e. The fourth-order valence-electron chi connectivity index (χ4n) is 4.06. The van der Waals surface area contributed by atoms with Crippen LogP contribution in [0.5, 0.6) is 0 Å². The third kappa shape index (κ3) is 3.34. The zero-order chi connectivity index (χ0) is 20.8. The number of fused-ring (bicyclic) bond motifs is 1. The SMILES string of the molecule is Cc1ccc(S(=O)(=O)NC2c3c(C)cccc3C(c3ccco3)C2[N+](=O)[O-])cc1. The van der Waals surface area contributed by atoms with Gasteiger partial charge < -0.3 is 4.42 Å². The molecule has 3 atom stereocenters. The number of aryl methyl sites for hydroxylation is 2. The first-order valence-electron chi connectivity index (χ1n) is 9.15. The Labute approximate surface area is 168 Å². The quantitative estimate of drug-likeness (QED) is 0.508. The summed E-state index contributed by atoms with van der Waals surface area (Å²) in [7, 11) is -3.96. The average molecular weight is 412 g/mol. The zero-order valence-electron chi connectivity index (χ0n) is 15.9. The molecule has 1 aromatic heterocycles. The summed E-state index contributed by atoms with van der Waals surface area (Å²) in [5.74, 6) is -0.240. The Bertz CT molecular complexity index is 1150. The van der Waals surface area contributed by atoms with Crippen molar-refractivity contribution in [3.8, 4) is 0 Å². The molecule has 1 N–H and O–H groups in total. The summed E-state index contributed by atoms with van der Waals surface area (Å²) in [6.45, 7) is 3.69. The van der Waals surface area contributed by atoms with E-state index < -0.39 is 32.9 Å². The summed E-state index contributed by atoms with van der Waals surface area (Å²) in [6, 6.07) is 12.9. The molecule has 0 radical (unpaired) electrons. The minimum atomic E-state index is -3.96. The highest BCUT2D eigenvalue weighted by Gasteiger charge is 2.52. The lowest BCUT2D eigenvalue weighted by Crippen LogP contribution is -2.39. The third-order valence-corrected chi connectivity index (χ3v) is 6.85. The van der Waals surface area contributed by atoms with Crippen molar-refractivity contribution in [1.29, 1.82) is 0 Å². The predicted octanol–water partition coefficient (Wildman–Crippen LogP) is 3.71. The molecule has 8 heteroatoms. The molecule has 2 aromatic carbocycles. The van der Waals surface area contributed by atoms with Crippen LogP contribution in [0.25, 0.3) is 0 Å². The van der Waals surface area contributed by atoms with Crippen LogP contribution >= 0.6 is 0 Å². The second-order valence-electron chi connectivity index (χ2n) is 7.26. The molecular formula is C21H20N2O5S. The molecule has 0 aliphatic heterocycles. The first-order valence-corrected chi connectivity index (χ1v) is 10.6. The van der Waals surface area contributed by atoms with E-state index in [1.165, 1.54) is 18.4 Å². The lowest BCUT2D eigenvalue weighted by atomic mass is 9.95. The van der Waals surface area contributed by atoms with Crippen molar-refractivity contribution in [1.82, 2.24) is 4.72 Å². The van der Waals surface area contributed by atoms with Crippen molar-refractivity contribution >= 4 is 10.0 Å². The van der Waals surface area contributed by atoms with Crippen LogP contribution in [-0.2, 0) is 10.0 Å². The average Bonchev–Trinajstić information content (AvgIpc) is 3.28. The Hall–Kier alpha value is -2.97. The van der Waals surface area contributed by atoms with Crippen LogP contribution in [-0.4, -0.2) is 19.4 Å². The number of rotatable bonds is 5. The topological polar surface area (TPSA) is 102 Å². The van der Waals surface area contributed by atoms with Gasteiger partial charge in [-0.05, 0) is 54.8 Å². The highest BCUT2D eigenvalue weighted by molar-refractivity contribution is 7.89. The molecule has 0 fully saturated rings. The van der Waals surface area contributed by atoms with E-state index in [-0.39, 0.29) is 4.90 Å². The summed E-state index contributed by atoms with van der Waals surface area (Å²) >= 11 is 0. The molecule has 150 valence electrons. The fraction of sp³-hybridized carbons (Fsp3) is 0.238. The minimum Gasteiger partial charge on any atom is -0.468 e. The molecule has 0 bridgehead atoms. The van der Waals surface area contributed by atoms with Crippen molar-refractivity contribution in [2.45, 2.75) is 36.7 Å². The van der Waals surface area contributed by atoms with E-state index in [0.717, 1.165) is 11.1 Å². The summed E-state index contributed by atoms with van der Waals surface area (Å²) in [5.41, 5.74) is 3.05. The molecule has 4 rings (SSSR count). The number of hydrogen-bond donors (Lipinski definition) is 1. The molecule has 0 saturated heterocycles. The van der Waals surface area contributed by atoms with Gasteiger partial charge in [0.05, 0.1) is 11.2 Å². The van der Waals surface area contributed by atoms with E-state index in [2.05, 4.69) is 4.72 Å². The van der Waals surface area contributed by atoms with Gasteiger partial charge in [0.1, 0.15) is 17.7 Å². The monoisotopic (exact) mass is 412 g/mol. The third-order valence-electron chi connectivity index (χ3n) is 5.39. The molecule has 0 saturated carbocycles. The molecule has 1 heterocycles. The van der Waals surface area contributed by atoms with Gasteiger partial charge in [-0.3, -0.25) is 10.1 Å². The minimum absolute atomic E-state index is 0.0711. The van der Waals surface area contributed by atoms with E-state index in [1.807, 2.05) is 26.0 Å². The van der Waals surface area contributed by atoms with Crippen molar-refractivity contribution < 1.29 is 17.8 Å². The number of nitrogens with zero attached hydrogens (tertiary/aromatic N) is 1. The van der Waals surface area contributed by atoms with Gasteiger partial charge >= 0.3 is 0 Å². The molecule has 3 aromatic rings. The standard InChI is InChI=1S/C21H20N2O5S/c1-13-8-10-15(11-9-13)29(26,27)22-20-18-14(2)5-3-6-16(18)19(21(20)23(24)25)17-7-4-12-28-17/h3-12,19-22H,1-2H3. The Balaban J connectivity index is 1.83. The van der Waals surface area contributed by atoms with Crippen molar-refractivity contribution in [3.63, 3.8) is 0 Å². The summed E-state index contributed by atoms with van der Waals surface area (Å²) in [6.07, 6.45) is 1.46. The summed E-state index contributed by atoms with van der Waals surface area (Å²) < 4.78 is 34.1. The highest BCUT2D eigenvalue weighted by atomic mass is 32.2. The van der Waals surface area contributed by atoms with Crippen LogP contribution < -0.4 is 4.72 Å². The lowest BCUT2D eigenvalue weighted by molar-refractivity contribution is -0.528. The second-order valence-corrected chi connectivity index (χ2v) is 8.97. The lowest BCUT2D eigenvalue weighted by Gasteiger charge is -2.19. The Kier molecular flexibility index (Phi) is 4.76. The van der Waals surface area contributed by atoms with Gasteiger partial charge in [-0.15, -0.1) is 0 Å². The predicted molar refractivity (Wildman–Crippen MR) is 107 cm³/mol. The number of benzene rings is 2. The first-order chi connectivity index (χ1) is 13.8. The van der Waals surface area contributed by atoms with Crippen molar-refractivity contribution in [3.05, 3.63) is 99.0 Å². The van der Waals surface area contributed by atoms with Crippen molar-refractivity contribution in [2.75, 3.05) is 0 Å². The Morgan fingerprint density at radius 1 is 1.03 bits per heavy atom. The highest BCUT2D eigenvalue weighted by Crippen LogP contribution is 2.47. The van der Waals surface area contributed by atoms with E-state index in [1.54, 1.807) is 30.3 Å². The molecular weight excluding hydrogens is 392 g/mol. The molecule has 1 aliphatic carbocycles. The van der Waals surface area contributed by atoms with E-state index >= 15 is 0 Å². The molecule has 7 nitrogen and oxygen atoms in total. The van der Waals surface area contributed by atoms with Crippen molar-refractivity contribution in [2.24, 2.45) is 0 Å². The van der Waals surface area contributed by atoms with Crippen LogP contribution in [0.4, 0.5) is 0 Å². The molecule has 0 spiro atoms. The number of hydrogen-bond acceptors (Lipinski definition) is 5. The number of nitrogens with one attached hydrogen (secondary N) is 1. The summed E-state index contributed by atoms with van der Waals surface area (Å²) in [5, 5.41) is 12.1. The fourth-order valence-corrected chi connectivity index (χ4v) is 5.28. The van der Waals surface area contributed by atoms with Crippen LogP contribution in [0.3, 0.4) is 0 Å². The number of sulfonamides is 1. The summed E-state index contributed by atoms with van der Waals surface area (Å²) in [4.78, 5) is 11.7. The number of nitro groups is 1. The molecule has 0 amide bonds. The first kappa shape index (κ1) is 19.4. The van der Waals surface area contributed by atoms with Gasteiger partial charge in [-0.1, -0.05) is 35.9 Å². The maximum Gasteiger partial charge on any atom is 0.247 e. The van der Waals surface area contributed by atoms with Gasteiger partial charge in [0.15, 0.2) is 0 Å². The zero-order valence-corrected chi connectivity index (χ0v) is 16.7. The van der Waals surface area contributed by atoms with Gasteiger partial charge in [-0.2, -0.15) is 4.72 Å². The second kappa shape index (κ2) is 7.13. The molecule has 1 aliphatic rings. The molecule has 29 heavy (non-hydrogen) atoms. The van der Waals surface area contributed by atoms with Crippen LogP contribution in [0.15, 0.2) is 70.2 Å². The smallest absolute Gasteiger partial charge is 0.247 e. The van der Waals surface area contributed by atoms with Gasteiger partial charge in [0.2, 0.25) is 16.1 Å². The van der Waals surface area contributed by atoms with Crippen LogP contribution in [0.1, 0.15) is 40.0 Å².